The van der Waals surface area contributed by atoms with E-state index in [9.17, 15) is 21.6 Å². The predicted molar refractivity (Wildman–Crippen MR) is 105 cm³/mol. The van der Waals surface area contributed by atoms with Crippen molar-refractivity contribution < 1.29 is 31.1 Å². The third-order valence-electron chi connectivity index (χ3n) is 4.59. The fourth-order valence-electron chi connectivity index (χ4n) is 3.15. The Balaban J connectivity index is 1.91. The smallest absolute Gasteiger partial charge is 0.417 e. The van der Waals surface area contributed by atoms with Crippen LogP contribution in [0.3, 0.4) is 0 Å². The predicted octanol–water partition coefficient (Wildman–Crippen LogP) is 5.07. The van der Waals surface area contributed by atoms with Crippen molar-refractivity contribution in [3.63, 3.8) is 0 Å². The summed E-state index contributed by atoms with van der Waals surface area (Å²) < 4.78 is 73.8. The van der Waals surface area contributed by atoms with Crippen molar-refractivity contribution in [2.24, 2.45) is 5.14 Å². The summed E-state index contributed by atoms with van der Waals surface area (Å²) in [5, 5.41) is 4.72. The van der Waals surface area contributed by atoms with Crippen molar-refractivity contribution in [2.45, 2.75) is 11.1 Å². The molecule has 5 nitrogen and oxygen atoms in total. The minimum atomic E-state index is -4.62. The summed E-state index contributed by atoms with van der Waals surface area (Å²) in [5.41, 5.74) is 0.810. The molecule has 0 atom stereocenters. The van der Waals surface area contributed by atoms with Crippen molar-refractivity contribution in [1.29, 1.82) is 0 Å². The van der Waals surface area contributed by atoms with Crippen LogP contribution in [-0.2, 0) is 16.2 Å². The van der Waals surface area contributed by atoms with Gasteiger partial charge in [-0.1, -0.05) is 29.8 Å². The second kappa shape index (κ2) is 7.19. The number of hydrogen-bond donors (Lipinski definition) is 1. The SMILES string of the molecule is NS(=O)(=O)c1ccc(-c2cc3c(cc2-c2ccc(Cl)c(C(F)(F)F)c2)OCO3)cc1. The number of hydrogen-bond acceptors (Lipinski definition) is 4. The summed E-state index contributed by atoms with van der Waals surface area (Å²) >= 11 is 5.75. The largest absolute Gasteiger partial charge is 0.454 e. The topological polar surface area (TPSA) is 78.6 Å². The normalized spacial score (nSPS) is 13.5. The van der Waals surface area contributed by atoms with E-state index in [1.54, 1.807) is 12.1 Å². The van der Waals surface area contributed by atoms with Crippen molar-refractivity contribution in [3.05, 3.63) is 65.2 Å². The number of primary sulfonamides is 1. The minimum Gasteiger partial charge on any atom is -0.454 e. The highest BCUT2D eigenvalue weighted by atomic mass is 35.5. The van der Waals surface area contributed by atoms with Crippen LogP contribution < -0.4 is 14.6 Å². The molecule has 0 saturated carbocycles. The molecule has 1 heterocycles. The number of nitrogens with two attached hydrogens (primary N) is 1. The van der Waals surface area contributed by atoms with Gasteiger partial charge >= 0.3 is 6.18 Å². The van der Waals surface area contributed by atoms with Crippen molar-refractivity contribution in [2.75, 3.05) is 6.79 Å². The molecule has 30 heavy (non-hydrogen) atoms. The van der Waals surface area contributed by atoms with Crippen molar-refractivity contribution in [3.8, 4) is 33.8 Å². The van der Waals surface area contributed by atoms with Crippen LogP contribution in [0.1, 0.15) is 5.56 Å². The maximum Gasteiger partial charge on any atom is 0.417 e. The number of benzene rings is 3. The molecule has 0 unspecified atom stereocenters. The Bertz CT molecular complexity index is 1240. The van der Waals surface area contributed by atoms with E-state index in [2.05, 4.69) is 0 Å². The molecule has 0 spiro atoms. The summed E-state index contributed by atoms with van der Waals surface area (Å²) in [5.74, 6) is 0.813. The van der Waals surface area contributed by atoms with Gasteiger partial charge in [-0.3, -0.25) is 0 Å². The maximum atomic E-state index is 13.3. The Kier molecular flexibility index (Phi) is 4.92. The van der Waals surface area contributed by atoms with Crippen LogP contribution in [0.2, 0.25) is 5.02 Å². The van der Waals surface area contributed by atoms with E-state index < -0.39 is 26.8 Å². The van der Waals surface area contributed by atoms with Crippen LogP contribution in [-0.4, -0.2) is 15.2 Å². The number of rotatable bonds is 3. The second-order valence-corrected chi connectivity index (χ2v) is 8.48. The summed E-state index contributed by atoms with van der Waals surface area (Å²) in [7, 11) is -3.88. The molecule has 4 rings (SSSR count). The number of halogens is 4. The van der Waals surface area contributed by atoms with Gasteiger partial charge in [-0.05, 0) is 58.7 Å². The van der Waals surface area contributed by atoms with Gasteiger partial charge in [0.15, 0.2) is 11.5 Å². The van der Waals surface area contributed by atoms with Gasteiger partial charge in [-0.15, -0.1) is 0 Å². The van der Waals surface area contributed by atoms with Crippen LogP contribution in [0, 0.1) is 0 Å². The molecule has 0 bridgehead atoms. The van der Waals surface area contributed by atoms with Crippen molar-refractivity contribution in [1.82, 2.24) is 0 Å². The molecule has 0 saturated heterocycles. The number of alkyl halides is 3. The van der Waals surface area contributed by atoms with Gasteiger partial charge < -0.3 is 9.47 Å². The Labute approximate surface area is 174 Å². The third-order valence-corrected chi connectivity index (χ3v) is 5.85. The molecule has 0 amide bonds. The van der Waals surface area contributed by atoms with Gasteiger partial charge in [-0.2, -0.15) is 13.2 Å². The Morgan fingerprint density at radius 2 is 1.40 bits per heavy atom. The molecular weight excluding hydrogens is 443 g/mol. The lowest BCUT2D eigenvalue weighted by Gasteiger charge is -2.15. The van der Waals surface area contributed by atoms with Gasteiger partial charge in [0.2, 0.25) is 16.8 Å². The zero-order valence-electron chi connectivity index (χ0n) is 15.0. The van der Waals surface area contributed by atoms with E-state index in [1.165, 1.54) is 36.4 Å². The summed E-state index contributed by atoms with van der Waals surface area (Å²) in [6.45, 7) is -0.0169. The lowest BCUT2D eigenvalue weighted by atomic mass is 9.93. The average Bonchev–Trinajstić information content (AvgIpc) is 3.13. The second-order valence-electron chi connectivity index (χ2n) is 6.51. The molecule has 10 heteroatoms. The monoisotopic (exact) mass is 455 g/mol. The highest BCUT2D eigenvalue weighted by Crippen LogP contribution is 2.45. The van der Waals surface area contributed by atoms with Crippen LogP contribution >= 0.6 is 11.6 Å². The zero-order valence-corrected chi connectivity index (χ0v) is 16.6. The van der Waals surface area contributed by atoms with E-state index in [1.807, 2.05) is 0 Å². The molecule has 1 aliphatic rings. The molecular formula is C20H13ClF3NO4S. The van der Waals surface area contributed by atoms with E-state index in [0.29, 0.717) is 28.2 Å². The highest BCUT2D eigenvalue weighted by molar-refractivity contribution is 7.89. The maximum absolute atomic E-state index is 13.3. The summed E-state index contributed by atoms with van der Waals surface area (Å²) in [6.07, 6.45) is -4.62. The molecule has 3 aromatic rings. The Morgan fingerprint density at radius 3 is 1.93 bits per heavy atom. The molecule has 0 radical (unpaired) electrons. The molecule has 0 aromatic heterocycles. The Hall–Kier alpha value is -2.75. The van der Waals surface area contributed by atoms with E-state index in [-0.39, 0.29) is 17.3 Å². The first-order valence-corrected chi connectivity index (χ1v) is 10.4. The standard InChI is InChI=1S/C20H13ClF3NO4S/c21-17-6-3-12(7-16(17)20(22,23)24)15-9-19-18(28-10-29-19)8-14(15)11-1-4-13(5-2-11)30(25,26)27/h1-9H,10H2,(H2,25,26,27). The van der Waals surface area contributed by atoms with Crippen LogP contribution in [0.4, 0.5) is 13.2 Å². The zero-order chi connectivity index (χ0) is 21.7. The van der Waals surface area contributed by atoms with Crippen LogP contribution in [0.5, 0.6) is 11.5 Å². The first kappa shape index (κ1) is 20.5. The van der Waals surface area contributed by atoms with E-state index in [4.69, 9.17) is 26.2 Å². The number of sulfonamides is 1. The Morgan fingerprint density at radius 1 is 0.867 bits per heavy atom. The number of fused-ring (bicyclic) bond motifs is 1. The van der Waals surface area contributed by atoms with Crippen LogP contribution in [0.15, 0.2) is 59.5 Å². The fourth-order valence-corrected chi connectivity index (χ4v) is 3.89. The fraction of sp³-hybridized carbons (Fsp3) is 0.100. The van der Waals surface area contributed by atoms with Gasteiger partial charge in [-0.25, -0.2) is 13.6 Å². The summed E-state index contributed by atoms with van der Waals surface area (Å²) in [6, 6.07) is 12.5. The van der Waals surface area contributed by atoms with E-state index in [0.717, 1.165) is 6.07 Å². The average molecular weight is 456 g/mol. The third kappa shape index (κ3) is 3.83. The molecule has 3 aromatic carbocycles. The van der Waals surface area contributed by atoms with E-state index >= 15 is 0 Å². The summed E-state index contributed by atoms with van der Waals surface area (Å²) in [4.78, 5) is -0.0839. The highest BCUT2D eigenvalue weighted by Gasteiger charge is 2.33. The lowest BCUT2D eigenvalue weighted by molar-refractivity contribution is -0.137. The molecule has 156 valence electrons. The number of ether oxygens (including phenoxy) is 2. The van der Waals surface area contributed by atoms with Gasteiger partial charge in [0.25, 0.3) is 0 Å². The molecule has 0 aliphatic carbocycles. The molecule has 1 aliphatic heterocycles. The van der Waals surface area contributed by atoms with Crippen molar-refractivity contribution >= 4 is 21.6 Å². The van der Waals surface area contributed by atoms with Gasteiger partial charge in [0, 0.05) is 0 Å². The van der Waals surface area contributed by atoms with Gasteiger partial charge in [0.05, 0.1) is 15.5 Å². The first-order valence-electron chi connectivity index (χ1n) is 8.48. The molecule has 2 N–H and O–H groups in total. The lowest BCUT2D eigenvalue weighted by Crippen LogP contribution is -2.11. The van der Waals surface area contributed by atoms with Gasteiger partial charge in [0.1, 0.15) is 0 Å². The van der Waals surface area contributed by atoms with Crippen LogP contribution in [0.25, 0.3) is 22.3 Å². The minimum absolute atomic E-state index is 0.0169. The first-order chi connectivity index (χ1) is 14.0. The quantitative estimate of drug-likeness (QED) is 0.598. The molecule has 0 fully saturated rings.